The van der Waals surface area contributed by atoms with Crippen LogP contribution in [0.1, 0.15) is 25.7 Å². The van der Waals surface area contributed by atoms with Gasteiger partial charge in [0.05, 0.1) is 12.1 Å². The summed E-state index contributed by atoms with van der Waals surface area (Å²) in [7, 11) is 0. The van der Waals surface area contributed by atoms with E-state index < -0.39 is 0 Å². The van der Waals surface area contributed by atoms with Gasteiger partial charge in [0, 0.05) is 32.2 Å². The van der Waals surface area contributed by atoms with E-state index in [0.717, 1.165) is 25.7 Å². The number of urea groups is 2. The fraction of sp³-hybridized carbons (Fsp3) is 0.846. The summed E-state index contributed by atoms with van der Waals surface area (Å²) in [5.74, 6) is 0. The van der Waals surface area contributed by atoms with Crippen molar-refractivity contribution >= 4 is 12.1 Å². The molecule has 7 nitrogen and oxygen atoms in total. The molecule has 0 aromatic carbocycles. The van der Waals surface area contributed by atoms with Crippen molar-refractivity contribution in [2.75, 3.05) is 26.2 Å². The topological polar surface area (TPSA) is 84.9 Å². The Morgan fingerprint density at radius 2 is 2.00 bits per heavy atom. The molecule has 4 amide bonds. The van der Waals surface area contributed by atoms with E-state index >= 15 is 0 Å². The van der Waals surface area contributed by atoms with Gasteiger partial charge in [-0.25, -0.2) is 9.59 Å². The van der Waals surface area contributed by atoms with Crippen molar-refractivity contribution in [2.45, 2.75) is 43.9 Å². The van der Waals surface area contributed by atoms with Gasteiger partial charge in [-0.1, -0.05) is 0 Å². The highest BCUT2D eigenvalue weighted by Gasteiger charge is 2.37. The van der Waals surface area contributed by atoms with E-state index in [1.54, 1.807) is 9.80 Å². The second-order valence-electron chi connectivity index (χ2n) is 5.93. The first-order valence-corrected chi connectivity index (χ1v) is 7.41. The monoisotopic (exact) mass is 282 g/mol. The first kappa shape index (κ1) is 13.5. The molecule has 3 rings (SSSR count). The van der Waals surface area contributed by atoms with Crippen LogP contribution >= 0.6 is 0 Å². The zero-order chi connectivity index (χ0) is 14.1. The zero-order valence-electron chi connectivity index (χ0n) is 11.5. The van der Waals surface area contributed by atoms with E-state index in [0.29, 0.717) is 26.2 Å². The van der Waals surface area contributed by atoms with E-state index in [2.05, 4.69) is 10.6 Å². The minimum atomic E-state index is -0.206. The Hall–Kier alpha value is -1.50. The van der Waals surface area contributed by atoms with Crippen molar-refractivity contribution in [2.24, 2.45) is 0 Å². The number of aliphatic hydroxyl groups excluding tert-OH is 1. The number of amides is 4. The molecule has 2 heterocycles. The van der Waals surface area contributed by atoms with Crippen molar-refractivity contribution in [3.8, 4) is 0 Å². The summed E-state index contributed by atoms with van der Waals surface area (Å²) in [5.41, 5.74) is 0. The molecule has 0 aromatic rings. The molecule has 0 bridgehead atoms. The molecule has 2 saturated heterocycles. The van der Waals surface area contributed by atoms with E-state index in [1.165, 1.54) is 0 Å². The van der Waals surface area contributed by atoms with Gasteiger partial charge in [0.25, 0.3) is 0 Å². The van der Waals surface area contributed by atoms with E-state index in [1.807, 2.05) is 0 Å². The largest absolute Gasteiger partial charge is 0.393 e. The Labute approximate surface area is 118 Å². The molecule has 1 saturated carbocycles. The number of piperazine rings is 1. The van der Waals surface area contributed by atoms with Gasteiger partial charge in [-0.3, -0.25) is 0 Å². The smallest absolute Gasteiger partial charge is 0.317 e. The van der Waals surface area contributed by atoms with Crippen LogP contribution in [0.25, 0.3) is 0 Å². The quantitative estimate of drug-likeness (QED) is 0.618. The van der Waals surface area contributed by atoms with Crippen LogP contribution in [0.3, 0.4) is 0 Å². The Kier molecular flexibility index (Phi) is 3.69. The molecule has 3 aliphatic rings. The second-order valence-corrected chi connectivity index (χ2v) is 5.93. The first-order valence-electron chi connectivity index (χ1n) is 7.41. The van der Waals surface area contributed by atoms with Crippen LogP contribution in [0.2, 0.25) is 0 Å². The number of aliphatic hydroxyl groups is 1. The zero-order valence-corrected chi connectivity index (χ0v) is 11.5. The lowest BCUT2D eigenvalue weighted by Crippen LogP contribution is -2.57. The third kappa shape index (κ3) is 2.67. The molecule has 3 fully saturated rings. The first-order chi connectivity index (χ1) is 9.63. The predicted octanol–water partition coefficient (Wildman–Crippen LogP) is -0.291. The summed E-state index contributed by atoms with van der Waals surface area (Å²) in [6.07, 6.45) is 3.01. The van der Waals surface area contributed by atoms with Gasteiger partial charge in [0.1, 0.15) is 0 Å². The van der Waals surface area contributed by atoms with Crippen molar-refractivity contribution in [1.82, 2.24) is 20.4 Å². The Morgan fingerprint density at radius 3 is 2.75 bits per heavy atom. The van der Waals surface area contributed by atoms with Crippen LogP contribution in [0, 0.1) is 0 Å². The maximum atomic E-state index is 12.2. The Bertz CT molecular complexity index is 395. The minimum Gasteiger partial charge on any atom is -0.393 e. The second kappa shape index (κ2) is 5.47. The van der Waals surface area contributed by atoms with Gasteiger partial charge < -0.3 is 25.5 Å². The van der Waals surface area contributed by atoms with Gasteiger partial charge in [0.2, 0.25) is 0 Å². The van der Waals surface area contributed by atoms with E-state index in [9.17, 15) is 14.7 Å². The molecule has 3 N–H and O–H groups in total. The predicted molar refractivity (Wildman–Crippen MR) is 72.3 cm³/mol. The van der Waals surface area contributed by atoms with Gasteiger partial charge in [-0.15, -0.1) is 0 Å². The summed E-state index contributed by atoms with van der Waals surface area (Å²) >= 11 is 0. The highest BCUT2D eigenvalue weighted by Crippen LogP contribution is 2.19. The average Bonchev–Trinajstić information content (AvgIpc) is 2.82. The highest BCUT2D eigenvalue weighted by molar-refractivity contribution is 5.78. The fourth-order valence-corrected chi connectivity index (χ4v) is 3.27. The lowest BCUT2D eigenvalue weighted by Gasteiger charge is -2.37. The maximum absolute atomic E-state index is 12.2. The molecule has 0 radical (unpaired) electrons. The average molecular weight is 282 g/mol. The molecule has 2 aliphatic heterocycles. The number of hydrogen-bond acceptors (Lipinski definition) is 3. The molecular weight excluding hydrogens is 260 g/mol. The molecule has 112 valence electrons. The Morgan fingerprint density at radius 1 is 1.25 bits per heavy atom. The molecule has 1 unspecified atom stereocenters. The number of nitrogens with zero attached hydrogens (tertiary/aromatic N) is 2. The van der Waals surface area contributed by atoms with Gasteiger partial charge >= 0.3 is 12.1 Å². The van der Waals surface area contributed by atoms with Crippen molar-refractivity contribution in [1.29, 1.82) is 0 Å². The number of rotatable bonds is 1. The molecule has 1 atom stereocenters. The van der Waals surface area contributed by atoms with Crippen molar-refractivity contribution in [3.63, 3.8) is 0 Å². The van der Waals surface area contributed by atoms with Crippen LogP contribution in [0.4, 0.5) is 9.59 Å². The molecule has 1 aliphatic carbocycles. The van der Waals surface area contributed by atoms with E-state index in [4.69, 9.17) is 0 Å². The summed E-state index contributed by atoms with van der Waals surface area (Å²) in [6.45, 7) is 2.41. The third-order valence-corrected chi connectivity index (χ3v) is 4.54. The number of fused-ring (bicyclic) bond motifs is 1. The van der Waals surface area contributed by atoms with Crippen LogP contribution < -0.4 is 10.6 Å². The number of carbonyl (C=O) groups is 2. The van der Waals surface area contributed by atoms with Gasteiger partial charge in [-0.2, -0.15) is 0 Å². The highest BCUT2D eigenvalue weighted by atomic mass is 16.3. The van der Waals surface area contributed by atoms with Crippen LogP contribution in [0.15, 0.2) is 0 Å². The molecule has 0 aromatic heterocycles. The summed E-state index contributed by atoms with van der Waals surface area (Å²) in [6, 6.07) is 0.226. The molecule has 20 heavy (non-hydrogen) atoms. The fourth-order valence-electron chi connectivity index (χ4n) is 3.27. The van der Waals surface area contributed by atoms with E-state index in [-0.39, 0.29) is 30.2 Å². The minimum absolute atomic E-state index is 0.0173. The summed E-state index contributed by atoms with van der Waals surface area (Å²) in [5, 5.41) is 15.3. The molecule has 0 spiro atoms. The van der Waals surface area contributed by atoms with Crippen molar-refractivity contribution in [3.05, 3.63) is 0 Å². The summed E-state index contributed by atoms with van der Waals surface area (Å²) < 4.78 is 0. The Balaban J connectivity index is 1.50. The SMILES string of the molecule is O=C(NC1CCC(O)CC1)N1CCN2C(=O)NCC2C1. The van der Waals surface area contributed by atoms with Crippen LogP contribution in [-0.4, -0.2) is 71.3 Å². The van der Waals surface area contributed by atoms with Gasteiger partial charge in [0.15, 0.2) is 0 Å². The number of hydrogen-bond donors (Lipinski definition) is 3. The van der Waals surface area contributed by atoms with Crippen LogP contribution in [-0.2, 0) is 0 Å². The van der Waals surface area contributed by atoms with Crippen molar-refractivity contribution < 1.29 is 14.7 Å². The lowest BCUT2D eigenvalue weighted by atomic mass is 9.93. The normalized spacial score (nSPS) is 33.6. The third-order valence-electron chi connectivity index (χ3n) is 4.54. The lowest BCUT2D eigenvalue weighted by molar-refractivity contribution is 0.108. The summed E-state index contributed by atoms with van der Waals surface area (Å²) in [4.78, 5) is 27.4. The standard InChI is InChI=1S/C13H22N4O3/c18-11-3-1-9(2-4-11)15-13(20)16-5-6-17-10(8-16)7-14-12(17)19/h9-11,18H,1-8H2,(H,14,19)(H,15,20). The molecule has 7 heteroatoms. The van der Waals surface area contributed by atoms with Crippen LogP contribution in [0.5, 0.6) is 0 Å². The number of nitrogens with one attached hydrogen (secondary N) is 2. The number of carbonyl (C=O) groups excluding carboxylic acids is 2. The van der Waals surface area contributed by atoms with Gasteiger partial charge in [-0.05, 0) is 25.7 Å². The molecular formula is C13H22N4O3. The maximum Gasteiger partial charge on any atom is 0.317 e.